The van der Waals surface area contributed by atoms with Crippen molar-refractivity contribution in [3.8, 4) is 0 Å². The lowest BCUT2D eigenvalue weighted by atomic mass is 10.1. The number of likely N-dealkylation sites (N-methyl/N-ethyl adjacent to an activating group) is 1. The number of carbonyl (C=O) groups excluding carboxylic acids is 1. The van der Waals surface area contributed by atoms with E-state index in [-0.39, 0.29) is 11.9 Å². The maximum Gasteiger partial charge on any atom is 0.237 e. The first kappa shape index (κ1) is 15.5. The minimum Gasteiger partial charge on any atom is -0.399 e. The van der Waals surface area contributed by atoms with Gasteiger partial charge >= 0.3 is 0 Å². The minimum absolute atomic E-state index is 0.0832. The molecule has 1 rings (SSSR count). The van der Waals surface area contributed by atoms with E-state index in [1.807, 2.05) is 43.1 Å². The fraction of sp³-hybridized carbons (Fsp3) is 0.533. The minimum atomic E-state index is -0.140. The highest BCUT2D eigenvalue weighted by molar-refractivity contribution is 5.81. The summed E-state index contributed by atoms with van der Waals surface area (Å²) in [5.41, 5.74) is 7.63. The standard InChI is InChI=1S/C15H25N3O/c1-4-5-9-17-15(19)12(2)18(3)11-13-7-6-8-14(16)10-13/h6-8,10,12H,4-5,9,11,16H2,1-3H3,(H,17,19). The van der Waals surface area contributed by atoms with Crippen LogP contribution in [0.3, 0.4) is 0 Å². The fourth-order valence-electron chi connectivity index (χ4n) is 1.85. The molecule has 0 aliphatic heterocycles. The van der Waals surface area contributed by atoms with Gasteiger partial charge in [0, 0.05) is 18.8 Å². The van der Waals surface area contributed by atoms with E-state index in [0.29, 0.717) is 6.54 Å². The second-order valence-corrected chi connectivity index (χ2v) is 4.98. The van der Waals surface area contributed by atoms with Gasteiger partial charge in [0.05, 0.1) is 6.04 Å². The van der Waals surface area contributed by atoms with Crippen molar-refractivity contribution < 1.29 is 4.79 Å². The smallest absolute Gasteiger partial charge is 0.237 e. The average molecular weight is 263 g/mol. The van der Waals surface area contributed by atoms with Gasteiger partial charge in [-0.1, -0.05) is 25.5 Å². The Morgan fingerprint density at radius 2 is 2.21 bits per heavy atom. The molecule has 0 saturated heterocycles. The van der Waals surface area contributed by atoms with Gasteiger partial charge in [-0.15, -0.1) is 0 Å². The molecule has 4 nitrogen and oxygen atoms in total. The van der Waals surface area contributed by atoms with Crippen molar-refractivity contribution in [2.45, 2.75) is 39.3 Å². The molecule has 1 aromatic rings. The highest BCUT2D eigenvalue weighted by Gasteiger charge is 2.17. The number of hydrogen-bond acceptors (Lipinski definition) is 3. The molecule has 0 bridgehead atoms. The van der Waals surface area contributed by atoms with Crippen molar-refractivity contribution in [1.29, 1.82) is 0 Å². The molecule has 106 valence electrons. The first-order chi connectivity index (χ1) is 9.04. The Kier molecular flexibility index (Phi) is 6.36. The number of amides is 1. The Balaban J connectivity index is 2.47. The number of nitrogens with one attached hydrogen (secondary N) is 1. The quantitative estimate of drug-likeness (QED) is 0.584. The van der Waals surface area contributed by atoms with Gasteiger partial charge in [0.25, 0.3) is 0 Å². The number of rotatable bonds is 7. The van der Waals surface area contributed by atoms with E-state index in [1.165, 1.54) is 0 Å². The van der Waals surface area contributed by atoms with E-state index >= 15 is 0 Å². The Morgan fingerprint density at radius 3 is 2.84 bits per heavy atom. The van der Waals surface area contributed by atoms with Crippen molar-refractivity contribution in [2.24, 2.45) is 0 Å². The van der Waals surface area contributed by atoms with Gasteiger partial charge in [-0.25, -0.2) is 0 Å². The predicted octanol–water partition coefficient (Wildman–Crippen LogP) is 2.01. The van der Waals surface area contributed by atoms with Crippen LogP contribution in [0.15, 0.2) is 24.3 Å². The lowest BCUT2D eigenvalue weighted by Crippen LogP contribution is -2.43. The number of nitrogen functional groups attached to an aromatic ring is 1. The van der Waals surface area contributed by atoms with Crippen LogP contribution in [-0.4, -0.2) is 30.4 Å². The lowest BCUT2D eigenvalue weighted by Gasteiger charge is -2.24. The summed E-state index contributed by atoms with van der Waals surface area (Å²) >= 11 is 0. The summed E-state index contributed by atoms with van der Waals surface area (Å²) in [5.74, 6) is 0.0832. The van der Waals surface area contributed by atoms with E-state index in [9.17, 15) is 4.79 Å². The topological polar surface area (TPSA) is 58.4 Å². The first-order valence-corrected chi connectivity index (χ1v) is 6.87. The number of nitrogens with two attached hydrogens (primary N) is 1. The van der Waals surface area contributed by atoms with E-state index in [4.69, 9.17) is 5.73 Å². The van der Waals surface area contributed by atoms with E-state index in [0.717, 1.165) is 30.6 Å². The molecule has 0 aromatic heterocycles. The molecule has 0 aliphatic carbocycles. The van der Waals surface area contributed by atoms with E-state index in [1.54, 1.807) is 0 Å². The third-order valence-corrected chi connectivity index (χ3v) is 3.25. The van der Waals surface area contributed by atoms with Crippen LogP contribution in [0.25, 0.3) is 0 Å². The summed E-state index contributed by atoms with van der Waals surface area (Å²) in [7, 11) is 1.95. The monoisotopic (exact) mass is 263 g/mol. The van der Waals surface area contributed by atoms with Gasteiger partial charge in [-0.05, 0) is 38.1 Å². The van der Waals surface area contributed by atoms with Gasteiger partial charge in [0.15, 0.2) is 0 Å². The summed E-state index contributed by atoms with van der Waals surface area (Å²) in [6, 6.07) is 7.63. The SMILES string of the molecule is CCCCNC(=O)C(C)N(C)Cc1cccc(N)c1. The highest BCUT2D eigenvalue weighted by atomic mass is 16.2. The number of anilines is 1. The Bertz CT molecular complexity index is 406. The zero-order valence-corrected chi connectivity index (χ0v) is 12.1. The Morgan fingerprint density at radius 1 is 1.47 bits per heavy atom. The van der Waals surface area contributed by atoms with Crippen LogP contribution in [0.5, 0.6) is 0 Å². The van der Waals surface area contributed by atoms with Crippen LogP contribution in [-0.2, 0) is 11.3 Å². The first-order valence-electron chi connectivity index (χ1n) is 6.87. The zero-order chi connectivity index (χ0) is 14.3. The number of hydrogen-bond donors (Lipinski definition) is 2. The average Bonchev–Trinajstić information content (AvgIpc) is 2.38. The van der Waals surface area contributed by atoms with Crippen molar-refractivity contribution in [2.75, 3.05) is 19.3 Å². The second-order valence-electron chi connectivity index (χ2n) is 4.98. The van der Waals surface area contributed by atoms with Gasteiger partial charge < -0.3 is 11.1 Å². The van der Waals surface area contributed by atoms with Crippen LogP contribution >= 0.6 is 0 Å². The fourth-order valence-corrected chi connectivity index (χ4v) is 1.85. The second kappa shape index (κ2) is 7.79. The number of carbonyl (C=O) groups is 1. The third-order valence-electron chi connectivity index (χ3n) is 3.25. The molecule has 1 aromatic carbocycles. The van der Waals surface area contributed by atoms with Crippen LogP contribution in [0.1, 0.15) is 32.3 Å². The molecule has 0 aliphatic rings. The van der Waals surface area contributed by atoms with Gasteiger partial charge in [0.2, 0.25) is 5.91 Å². The van der Waals surface area contributed by atoms with Gasteiger partial charge in [-0.2, -0.15) is 0 Å². The molecule has 1 atom stereocenters. The van der Waals surface area contributed by atoms with Gasteiger partial charge in [0.1, 0.15) is 0 Å². The van der Waals surface area contributed by atoms with Crippen molar-refractivity contribution in [3.05, 3.63) is 29.8 Å². The normalized spacial score (nSPS) is 12.4. The van der Waals surface area contributed by atoms with E-state index < -0.39 is 0 Å². The molecule has 0 spiro atoms. The zero-order valence-electron chi connectivity index (χ0n) is 12.1. The van der Waals surface area contributed by atoms with Crippen LogP contribution < -0.4 is 11.1 Å². The van der Waals surface area contributed by atoms with E-state index in [2.05, 4.69) is 12.2 Å². The maximum absolute atomic E-state index is 11.9. The van der Waals surface area contributed by atoms with Crippen LogP contribution in [0.4, 0.5) is 5.69 Å². The summed E-state index contributed by atoms with van der Waals surface area (Å²) in [5, 5.41) is 2.96. The largest absolute Gasteiger partial charge is 0.399 e. The molecule has 0 radical (unpaired) electrons. The predicted molar refractivity (Wildman–Crippen MR) is 79.7 cm³/mol. The molecule has 0 fully saturated rings. The third kappa shape index (κ3) is 5.30. The number of benzene rings is 1. The summed E-state index contributed by atoms with van der Waals surface area (Å²) in [6.07, 6.45) is 2.12. The van der Waals surface area contributed by atoms with Crippen molar-refractivity contribution >= 4 is 11.6 Å². The van der Waals surface area contributed by atoms with Crippen LogP contribution in [0, 0.1) is 0 Å². The van der Waals surface area contributed by atoms with Crippen molar-refractivity contribution in [1.82, 2.24) is 10.2 Å². The summed E-state index contributed by atoms with van der Waals surface area (Å²) in [6.45, 7) is 5.51. The maximum atomic E-state index is 11.9. The molecular weight excluding hydrogens is 238 g/mol. The Labute approximate surface area is 116 Å². The molecule has 1 unspecified atom stereocenters. The molecule has 19 heavy (non-hydrogen) atoms. The summed E-state index contributed by atoms with van der Waals surface area (Å²) < 4.78 is 0. The van der Waals surface area contributed by atoms with Crippen molar-refractivity contribution in [3.63, 3.8) is 0 Å². The molecule has 1 amide bonds. The van der Waals surface area contributed by atoms with Gasteiger partial charge in [-0.3, -0.25) is 9.69 Å². The summed E-state index contributed by atoms with van der Waals surface area (Å²) in [4.78, 5) is 14.0. The highest BCUT2D eigenvalue weighted by Crippen LogP contribution is 2.10. The molecule has 0 heterocycles. The lowest BCUT2D eigenvalue weighted by molar-refractivity contribution is -0.125. The number of unbranched alkanes of at least 4 members (excludes halogenated alkanes) is 1. The molecule has 4 heteroatoms. The number of nitrogens with zero attached hydrogens (tertiary/aromatic N) is 1. The molecular formula is C15H25N3O. The Hall–Kier alpha value is -1.55. The molecule has 3 N–H and O–H groups in total. The molecule has 0 saturated carbocycles. The van der Waals surface area contributed by atoms with Crippen LogP contribution in [0.2, 0.25) is 0 Å².